The van der Waals surface area contributed by atoms with Crippen molar-refractivity contribution in [2.75, 3.05) is 7.11 Å². The number of ether oxygens (including phenoxy) is 3. The van der Waals surface area contributed by atoms with Crippen molar-refractivity contribution in [3.63, 3.8) is 0 Å². The highest BCUT2D eigenvalue weighted by atomic mass is 32.1. The highest BCUT2D eigenvalue weighted by Gasteiger charge is 2.33. The minimum atomic E-state index is -4.51. The van der Waals surface area contributed by atoms with E-state index in [4.69, 9.17) is 19.3 Å². The number of aryl methyl sites for hydroxylation is 2. The predicted octanol–water partition coefficient (Wildman–Crippen LogP) is 10.0. The van der Waals surface area contributed by atoms with E-state index in [2.05, 4.69) is 25.6 Å². The van der Waals surface area contributed by atoms with Crippen LogP contribution in [0.2, 0.25) is 0 Å². The Kier molecular flexibility index (Phi) is 15.9. The van der Waals surface area contributed by atoms with Crippen molar-refractivity contribution < 1.29 is 69.9 Å². The highest BCUT2D eigenvalue weighted by molar-refractivity contribution is 7.17. The molecular weight excluding hydrogens is 945 g/mol. The lowest BCUT2D eigenvalue weighted by Crippen LogP contribution is -2.38. The third-order valence-corrected chi connectivity index (χ3v) is 12.0. The van der Waals surface area contributed by atoms with Crippen molar-refractivity contribution in [1.29, 1.82) is 0 Å². The van der Waals surface area contributed by atoms with Gasteiger partial charge in [0.25, 0.3) is 11.8 Å². The smallest absolute Gasteiger partial charge is 0.416 e. The SMILES string of the molecule is COc1cc(CNC(=O)c2sc(-c3ccc(C(F)(F)F)cc3)nc2C)ccc1OC(C)(C)C(=O)O.Cc1nc(-c2cc(C(F)(F)F)ccn2)sc1C(=O)NCc1ccc(OC(C)(C)C(=O)O)cc1. The molecule has 0 saturated carbocycles. The molecule has 360 valence electrons. The van der Waals surface area contributed by atoms with E-state index in [0.29, 0.717) is 43.9 Å². The molecule has 0 unspecified atom stereocenters. The van der Waals surface area contributed by atoms with Gasteiger partial charge in [0, 0.05) is 24.8 Å². The van der Waals surface area contributed by atoms with Crippen LogP contribution in [0, 0.1) is 13.8 Å². The summed E-state index contributed by atoms with van der Waals surface area (Å²) in [4.78, 5) is 60.9. The zero-order valence-corrected chi connectivity index (χ0v) is 38.8. The summed E-state index contributed by atoms with van der Waals surface area (Å²) in [6, 6.07) is 17.8. The quantitative estimate of drug-likeness (QED) is 0.0711. The van der Waals surface area contributed by atoms with Crippen LogP contribution in [-0.2, 0) is 35.0 Å². The number of carboxylic acids is 2. The predicted molar refractivity (Wildman–Crippen MR) is 239 cm³/mol. The Bertz CT molecular complexity index is 2790. The maximum atomic E-state index is 13.0. The fraction of sp³-hybridized carbons (Fsp3) is 0.283. The number of amides is 2. The van der Waals surface area contributed by atoms with E-state index < -0.39 is 52.5 Å². The van der Waals surface area contributed by atoms with Crippen LogP contribution in [0.5, 0.6) is 17.2 Å². The molecule has 2 amide bonds. The second kappa shape index (κ2) is 20.8. The first-order valence-electron chi connectivity index (χ1n) is 20.0. The maximum absolute atomic E-state index is 13.0. The van der Waals surface area contributed by atoms with Gasteiger partial charge >= 0.3 is 24.3 Å². The summed E-state index contributed by atoms with van der Waals surface area (Å²) in [5.41, 5.74) is -1.66. The molecule has 4 N–H and O–H groups in total. The minimum Gasteiger partial charge on any atom is -0.493 e. The van der Waals surface area contributed by atoms with Crippen LogP contribution >= 0.6 is 22.7 Å². The number of thiazole rings is 2. The van der Waals surface area contributed by atoms with E-state index in [9.17, 15) is 50.6 Å². The van der Waals surface area contributed by atoms with Crippen molar-refractivity contribution >= 4 is 46.4 Å². The lowest BCUT2D eigenvalue weighted by atomic mass is 10.1. The van der Waals surface area contributed by atoms with Gasteiger partial charge in [0.05, 0.1) is 35.3 Å². The van der Waals surface area contributed by atoms with Crippen LogP contribution in [-0.4, -0.2) is 67.2 Å². The van der Waals surface area contributed by atoms with E-state index >= 15 is 0 Å². The first kappa shape index (κ1) is 51.9. The first-order chi connectivity index (χ1) is 31.7. The van der Waals surface area contributed by atoms with Gasteiger partial charge < -0.3 is 35.1 Å². The Morgan fingerprint density at radius 3 is 1.65 bits per heavy atom. The summed E-state index contributed by atoms with van der Waals surface area (Å²) >= 11 is 2.04. The van der Waals surface area contributed by atoms with Crippen LogP contribution in [0.25, 0.3) is 21.3 Å². The number of aromatic nitrogens is 3. The molecule has 0 saturated heterocycles. The van der Waals surface area contributed by atoms with Crippen LogP contribution in [0.15, 0.2) is 85.1 Å². The molecule has 0 bridgehead atoms. The van der Waals surface area contributed by atoms with Crippen molar-refractivity contribution in [2.24, 2.45) is 0 Å². The lowest BCUT2D eigenvalue weighted by molar-refractivity contribution is -0.152. The number of alkyl halides is 6. The van der Waals surface area contributed by atoms with Gasteiger partial charge in [-0.2, -0.15) is 26.3 Å². The second-order valence-electron chi connectivity index (χ2n) is 15.7. The number of halogens is 6. The van der Waals surface area contributed by atoms with Crippen molar-refractivity contribution in [3.05, 3.63) is 128 Å². The molecule has 0 atom stereocenters. The molecule has 14 nitrogen and oxygen atoms in total. The highest BCUT2D eigenvalue weighted by Crippen LogP contribution is 2.36. The van der Waals surface area contributed by atoms with Crippen LogP contribution in [0.1, 0.15) is 80.7 Å². The van der Waals surface area contributed by atoms with E-state index in [1.54, 1.807) is 56.3 Å². The molecular formula is C46H43F6N5O9S2. The molecule has 3 aromatic heterocycles. The maximum Gasteiger partial charge on any atom is 0.416 e. The summed E-state index contributed by atoms with van der Waals surface area (Å²) < 4.78 is 93.5. The van der Waals surface area contributed by atoms with Gasteiger partial charge in [-0.1, -0.05) is 30.3 Å². The Morgan fingerprint density at radius 2 is 1.12 bits per heavy atom. The third kappa shape index (κ3) is 13.3. The Balaban J connectivity index is 0.000000255. The zero-order valence-electron chi connectivity index (χ0n) is 37.2. The fourth-order valence-corrected chi connectivity index (χ4v) is 7.67. The van der Waals surface area contributed by atoms with Gasteiger partial charge in [-0.15, -0.1) is 22.7 Å². The zero-order chi connectivity index (χ0) is 50.4. The number of aliphatic carboxylic acids is 2. The average molecular weight is 988 g/mol. The largest absolute Gasteiger partial charge is 0.493 e. The van der Waals surface area contributed by atoms with Crippen molar-refractivity contribution in [2.45, 2.75) is 78.2 Å². The summed E-state index contributed by atoms with van der Waals surface area (Å²) in [5, 5.41) is 24.5. The molecule has 0 fully saturated rings. The van der Waals surface area contributed by atoms with Gasteiger partial charge in [-0.05, 0) is 101 Å². The Morgan fingerprint density at radius 1 is 0.618 bits per heavy atom. The molecule has 0 aliphatic heterocycles. The monoisotopic (exact) mass is 987 g/mol. The number of hydrogen-bond donors (Lipinski definition) is 4. The van der Waals surface area contributed by atoms with Crippen molar-refractivity contribution in [1.82, 2.24) is 25.6 Å². The lowest BCUT2D eigenvalue weighted by Gasteiger charge is -2.23. The normalized spacial score (nSPS) is 11.8. The number of methoxy groups -OCH3 is 1. The molecule has 0 spiro atoms. The standard InChI is InChI=1S/C24H23F3N2O5S.C22H20F3N3O4S/c1-13-19(35-21(29-13)15-6-8-16(9-7-15)24(25,26)27)20(30)28-12-14-5-10-17(18(11-14)33-4)34-23(2,3)22(31)32;1-12-17(33-19(28-12)16-10-14(8-9-26-16)22(23,24)25)18(29)27-11-13-4-6-15(7-5-13)32-21(2,3)20(30)31/h5-11H,12H2,1-4H3,(H,28,30)(H,31,32);4-10H,11H2,1-3H3,(H,27,29)(H,30,31). The molecule has 3 aromatic carbocycles. The second-order valence-corrected chi connectivity index (χ2v) is 17.7. The Labute approximate surface area is 393 Å². The van der Waals surface area contributed by atoms with E-state index in [0.717, 1.165) is 58.7 Å². The summed E-state index contributed by atoms with van der Waals surface area (Å²) in [6.07, 6.45) is -7.88. The fourth-order valence-electron chi connectivity index (χ4n) is 5.74. The summed E-state index contributed by atoms with van der Waals surface area (Å²) in [6.45, 7) is 9.27. The van der Waals surface area contributed by atoms with E-state index in [1.165, 1.54) is 46.9 Å². The van der Waals surface area contributed by atoms with Gasteiger partial charge in [0.2, 0.25) is 0 Å². The molecule has 0 aliphatic carbocycles. The van der Waals surface area contributed by atoms with Crippen LogP contribution < -0.4 is 24.8 Å². The number of nitrogens with one attached hydrogen (secondary N) is 2. The molecule has 6 aromatic rings. The van der Waals surface area contributed by atoms with Crippen molar-refractivity contribution in [3.8, 4) is 38.5 Å². The number of benzene rings is 3. The number of pyridine rings is 1. The van der Waals surface area contributed by atoms with Gasteiger partial charge in [-0.25, -0.2) is 19.6 Å². The van der Waals surface area contributed by atoms with Crippen LogP contribution in [0.4, 0.5) is 26.3 Å². The van der Waals surface area contributed by atoms with Crippen LogP contribution in [0.3, 0.4) is 0 Å². The summed E-state index contributed by atoms with van der Waals surface area (Å²) in [5.74, 6) is -2.11. The van der Waals surface area contributed by atoms with Gasteiger partial charge in [-0.3, -0.25) is 14.6 Å². The number of carbonyl (C=O) groups is 4. The molecule has 6 rings (SSSR count). The molecule has 68 heavy (non-hydrogen) atoms. The number of carbonyl (C=O) groups excluding carboxylic acids is 2. The van der Waals surface area contributed by atoms with Gasteiger partial charge in [0.15, 0.2) is 22.7 Å². The third-order valence-electron chi connectivity index (χ3n) is 9.60. The number of rotatable bonds is 15. The minimum absolute atomic E-state index is 0.0387. The number of hydrogen-bond acceptors (Lipinski definition) is 12. The molecule has 3 heterocycles. The number of nitrogens with zero attached hydrogens (tertiary/aromatic N) is 3. The molecule has 22 heteroatoms. The molecule has 0 radical (unpaired) electrons. The van der Waals surface area contributed by atoms with E-state index in [1.807, 2.05) is 0 Å². The first-order valence-corrected chi connectivity index (χ1v) is 21.6. The topological polar surface area (TPSA) is 199 Å². The van der Waals surface area contributed by atoms with Gasteiger partial charge in [0.1, 0.15) is 25.5 Å². The Hall–Kier alpha value is -7.07. The number of carboxylic acid groups (broad SMARTS) is 2. The summed E-state index contributed by atoms with van der Waals surface area (Å²) in [7, 11) is 1.42. The van der Waals surface area contributed by atoms with E-state index in [-0.39, 0.29) is 40.3 Å². The average Bonchev–Trinajstić information content (AvgIpc) is 3.87. The molecule has 0 aliphatic rings.